The summed E-state index contributed by atoms with van der Waals surface area (Å²) in [5.74, 6) is -1.94. The lowest BCUT2D eigenvalue weighted by Gasteiger charge is -2.25. The van der Waals surface area contributed by atoms with E-state index in [1.807, 2.05) is 0 Å². The van der Waals surface area contributed by atoms with Crippen LogP contribution in [0, 0.1) is 18.6 Å². The molecule has 152 valence electrons. The van der Waals surface area contributed by atoms with Crippen LogP contribution in [0.5, 0.6) is 0 Å². The van der Waals surface area contributed by atoms with Crippen molar-refractivity contribution in [2.24, 2.45) is 0 Å². The molecule has 0 bridgehead atoms. The molecule has 3 aromatic rings. The summed E-state index contributed by atoms with van der Waals surface area (Å²) in [6, 6.07) is 3.66. The fourth-order valence-electron chi connectivity index (χ4n) is 2.89. The van der Waals surface area contributed by atoms with E-state index in [4.69, 9.17) is 4.52 Å². The Morgan fingerprint density at radius 2 is 1.97 bits per heavy atom. The number of aromatic nitrogens is 2. The normalized spacial score (nSPS) is 14.6. The van der Waals surface area contributed by atoms with Crippen LogP contribution in [0.25, 0.3) is 0 Å². The summed E-state index contributed by atoms with van der Waals surface area (Å²) in [4.78, 5) is 16.7. The largest absolute Gasteiger partial charge is 0.361 e. The van der Waals surface area contributed by atoms with E-state index in [0.29, 0.717) is 34.0 Å². The average Bonchev–Trinajstić information content (AvgIpc) is 3.25. The van der Waals surface area contributed by atoms with Gasteiger partial charge in [-0.05, 0) is 19.1 Å². The molecule has 1 amide bonds. The van der Waals surface area contributed by atoms with Crippen LogP contribution in [0.3, 0.4) is 0 Å². The van der Waals surface area contributed by atoms with Crippen LogP contribution in [0.1, 0.15) is 26.8 Å². The molecule has 29 heavy (non-hydrogen) atoms. The molecule has 1 N–H and O–H groups in total. The number of thiazole rings is 1. The third-order valence-corrected chi connectivity index (χ3v) is 7.07. The Kier molecular flexibility index (Phi) is 4.92. The van der Waals surface area contributed by atoms with Crippen molar-refractivity contribution < 1.29 is 26.5 Å². The van der Waals surface area contributed by atoms with E-state index < -0.39 is 32.5 Å². The fraction of sp³-hybridized carbons (Fsp3) is 0.235. The van der Waals surface area contributed by atoms with Crippen molar-refractivity contribution in [1.29, 1.82) is 0 Å². The third kappa shape index (κ3) is 3.91. The monoisotopic (exact) mass is 440 g/mol. The van der Waals surface area contributed by atoms with Crippen molar-refractivity contribution in [3.05, 3.63) is 57.9 Å². The van der Waals surface area contributed by atoms with Gasteiger partial charge >= 0.3 is 0 Å². The quantitative estimate of drug-likeness (QED) is 0.669. The molecule has 3 heterocycles. The van der Waals surface area contributed by atoms with Gasteiger partial charge in [-0.3, -0.25) is 10.1 Å². The summed E-state index contributed by atoms with van der Waals surface area (Å²) in [7, 11) is -4.08. The van der Waals surface area contributed by atoms with Crippen LogP contribution in [0.2, 0.25) is 0 Å². The van der Waals surface area contributed by atoms with Crippen LogP contribution >= 0.6 is 11.3 Å². The maximum Gasteiger partial charge on any atom is 0.279 e. The Hall–Kier alpha value is -2.70. The van der Waals surface area contributed by atoms with Gasteiger partial charge in [-0.2, -0.15) is 4.31 Å². The van der Waals surface area contributed by atoms with Crippen LogP contribution < -0.4 is 5.32 Å². The zero-order chi connectivity index (χ0) is 20.8. The molecule has 0 spiro atoms. The SMILES string of the molecule is Cc1cc(C(=O)Nc2nc3c(s2)CN(S(=O)(=O)c2cc(F)cc(F)c2)CC3)no1. The lowest BCUT2D eigenvalue weighted by atomic mass is 10.2. The zero-order valence-corrected chi connectivity index (χ0v) is 16.6. The summed E-state index contributed by atoms with van der Waals surface area (Å²) < 4.78 is 58.4. The number of benzene rings is 1. The van der Waals surface area contributed by atoms with Crippen LogP contribution in [0.4, 0.5) is 13.9 Å². The molecule has 2 aromatic heterocycles. The molecule has 0 fully saturated rings. The summed E-state index contributed by atoms with van der Waals surface area (Å²) >= 11 is 1.13. The van der Waals surface area contributed by atoms with Gasteiger partial charge < -0.3 is 4.52 Å². The first-order valence-corrected chi connectivity index (χ1v) is 10.7. The van der Waals surface area contributed by atoms with E-state index in [1.165, 1.54) is 6.07 Å². The van der Waals surface area contributed by atoms with Crippen LogP contribution in [0.15, 0.2) is 33.7 Å². The highest BCUT2D eigenvalue weighted by Crippen LogP contribution is 2.31. The molecular weight excluding hydrogens is 426 g/mol. The van der Waals surface area contributed by atoms with E-state index in [9.17, 15) is 22.0 Å². The van der Waals surface area contributed by atoms with E-state index in [1.54, 1.807) is 6.92 Å². The highest BCUT2D eigenvalue weighted by molar-refractivity contribution is 7.89. The minimum absolute atomic E-state index is 0.00754. The Balaban J connectivity index is 1.53. The minimum atomic E-state index is -4.08. The summed E-state index contributed by atoms with van der Waals surface area (Å²) in [5.41, 5.74) is 0.770. The Morgan fingerprint density at radius 1 is 1.24 bits per heavy atom. The molecule has 1 aliphatic heterocycles. The number of hydrogen-bond acceptors (Lipinski definition) is 7. The smallest absolute Gasteiger partial charge is 0.279 e. The summed E-state index contributed by atoms with van der Waals surface area (Å²) in [5, 5.41) is 6.54. The highest BCUT2D eigenvalue weighted by Gasteiger charge is 2.31. The summed E-state index contributed by atoms with van der Waals surface area (Å²) in [6.07, 6.45) is 0.307. The lowest BCUT2D eigenvalue weighted by molar-refractivity contribution is 0.101. The predicted molar refractivity (Wildman–Crippen MR) is 99.0 cm³/mol. The highest BCUT2D eigenvalue weighted by atomic mass is 32.2. The maximum absolute atomic E-state index is 13.4. The number of aryl methyl sites for hydroxylation is 1. The van der Waals surface area contributed by atoms with Gasteiger partial charge in [0.2, 0.25) is 10.0 Å². The standard InChI is InChI=1S/C17H14F2N4O4S2/c1-9-4-14(22-27-9)16(24)21-17-20-13-2-3-23(8-15(13)28-17)29(25,26)12-6-10(18)5-11(19)7-12/h4-7H,2-3,8H2,1H3,(H,20,21,24). The Labute approximate surface area is 168 Å². The number of nitrogens with zero attached hydrogens (tertiary/aromatic N) is 3. The molecule has 0 unspecified atom stereocenters. The number of hydrogen-bond donors (Lipinski definition) is 1. The van der Waals surface area contributed by atoms with E-state index in [0.717, 1.165) is 27.8 Å². The second-order valence-electron chi connectivity index (χ2n) is 6.36. The third-order valence-electron chi connectivity index (χ3n) is 4.25. The van der Waals surface area contributed by atoms with Gasteiger partial charge in [-0.1, -0.05) is 5.16 Å². The van der Waals surface area contributed by atoms with Crippen LogP contribution in [-0.4, -0.2) is 35.3 Å². The predicted octanol–water partition coefficient (Wildman–Crippen LogP) is 2.72. The number of fused-ring (bicyclic) bond motifs is 1. The number of carbonyl (C=O) groups is 1. The first-order valence-electron chi connectivity index (χ1n) is 8.42. The van der Waals surface area contributed by atoms with E-state index in [2.05, 4.69) is 15.5 Å². The maximum atomic E-state index is 13.4. The average molecular weight is 440 g/mol. The first-order chi connectivity index (χ1) is 13.7. The topological polar surface area (TPSA) is 105 Å². The van der Waals surface area contributed by atoms with Crippen molar-refractivity contribution >= 4 is 32.4 Å². The molecule has 4 rings (SSSR count). The fourth-order valence-corrected chi connectivity index (χ4v) is 5.44. The number of amides is 1. The number of carbonyl (C=O) groups excluding carboxylic acids is 1. The molecule has 0 radical (unpaired) electrons. The molecule has 0 aliphatic carbocycles. The second-order valence-corrected chi connectivity index (χ2v) is 9.38. The molecule has 0 saturated carbocycles. The van der Waals surface area contributed by atoms with Gasteiger partial charge in [-0.15, -0.1) is 11.3 Å². The van der Waals surface area contributed by atoms with Crippen molar-refractivity contribution in [3.8, 4) is 0 Å². The van der Waals surface area contributed by atoms with Gasteiger partial charge in [-0.25, -0.2) is 22.2 Å². The number of anilines is 1. The Morgan fingerprint density at radius 3 is 2.62 bits per heavy atom. The van der Waals surface area contributed by atoms with E-state index >= 15 is 0 Å². The van der Waals surface area contributed by atoms with Crippen molar-refractivity contribution in [3.63, 3.8) is 0 Å². The Bertz CT molecular complexity index is 1190. The van der Waals surface area contributed by atoms with Crippen molar-refractivity contribution in [2.45, 2.75) is 24.8 Å². The van der Waals surface area contributed by atoms with Gasteiger partial charge in [0.25, 0.3) is 5.91 Å². The number of sulfonamides is 1. The zero-order valence-electron chi connectivity index (χ0n) is 15.0. The second kappa shape index (κ2) is 7.28. The molecule has 0 saturated heterocycles. The molecule has 1 aromatic carbocycles. The number of halogens is 2. The lowest BCUT2D eigenvalue weighted by Crippen LogP contribution is -2.35. The molecule has 12 heteroatoms. The van der Waals surface area contributed by atoms with E-state index in [-0.39, 0.29) is 18.8 Å². The van der Waals surface area contributed by atoms with Crippen molar-refractivity contribution in [2.75, 3.05) is 11.9 Å². The minimum Gasteiger partial charge on any atom is -0.361 e. The van der Waals surface area contributed by atoms with Crippen LogP contribution in [-0.2, 0) is 23.0 Å². The summed E-state index contributed by atoms with van der Waals surface area (Å²) in [6.45, 7) is 1.75. The van der Waals surface area contributed by atoms with Crippen molar-refractivity contribution in [1.82, 2.24) is 14.4 Å². The van der Waals surface area contributed by atoms with Gasteiger partial charge in [0.05, 0.1) is 17.1 Å². The number of rotatable bonds is 4. The van der Waals surface area contributed by atoms with Gasteiger partial charge in [0.15, 0.2) is 10.8 Å². The molecule has 0 atom stereocenters. The number of nitrogens with one attached hydrogen (secondary N) is 1. The molecular formula is C17H14F2N4O4S2. The van der Waals surface area contributed by atoms with Gasteiger partial charge in [0, 0.05) is 30.0 Å². The molecule has 1 aliphatic rings. The first kappa shape index (κ1) is 19.6. The van der Waals surface area contributed by atoms with Gasteiger partial charge in [0.1, 0.15) is 17.4 Å². The molecule has 8 nitrogen and oxygen atoms in total.